The van der Waals surface area contributed by atoms with Gasteiger partial charge in [-0.05, 0) is 39.2 Å². The second kappa shape index (κ2) is 8.18. The summed E-state index contributed by atoms with van der Waals surface area (Å²) in [5, 5.41) is 6.39. The Kier molecular flexibility index (Phi) is 6.88. The fourth-order valence-electron chi connectivity index (χ4n) is 2.26. The lowest BCUT2D eigenvalue weighted by Crippen LogP contribution is -2.43. The number of carbonyl (C=O) groups excluding carboxylic acids is 1. The molecular weight excluding hydrogens is 276 g/mol. The first-order valence-electron chi connectivity index (χ1n) is 7.97. The van der Waals surface area contributed by atoms with Gasteiger partial charge in [0.2, 0.25) is 0 Å². The molecule has 0 spiro atoms. The molecule has 1 amide bonds. The van der Waals surface area contributed by atoms with Crippen LogP contribution in [-0.4, -0.2) is 24.3 Å². The lowest BCUT2D eigenvalue weighted by molar-refractivity contribution is 0.0507. The van der Waals surface area contributed by atoms with Gasteiger partial charge in [-0.2, -0.15) is 0 Å². The summed E-state index contributed by atoms with van der Waals surface area (Å²) in [6.45, 7) is 12.6. The van der Waals surface area contributed by atoms with Crippen LogP contribution in [0.25, 0.3) is 0 Å². The third kappa shape index (κ3) is 6.94. The molecule has 0 aliphatic rings. The van der Waals surface area contributed by atoms with Crippen LogP contribution in [0.1, 0.15) is 53.1 Å². The van der Waals surface area contributed by atoms with Crippen LogP contribution < -0.4 is 10.6 Å². The van der Waals surface area contributed by atoms with Crippen LogP contribution in [0.4, 0.5) is 4.79 Å². The van der Waals surface area contributed by atoms with Crippen LogP contribution in [0.2, 0.25) is 0 Å². The molecule has 124 valence electrons. The maximum atomic E-state index is 11.8. The van der Waals surface area contributed by atoms with Crippen molar-refractivity contribution in [2.24, 2.45) is 5.92 Å². The van der Waals surface area contributed by atoms with E-state index >= 15 is 0 Å². The van der Waals surface area contributed by atoms with E-state index < -0.39 is 5.60 Å². The molecule has 2 N–H and O–H groups in total. The summed E-state index contributed by atoms with van der Waals surface area (Å²) in [6.07, 6.45) is -0.373. The van der Waals surface area contributed by atoms with Crippen LogP contribution in [0.15, 0.2) is 30.3 Å². The summed E-state index contributed by atoms with van der Waals surface area (Å²) >= 11 is 0. The van der Waals surface area contributed by atoms with Crippen molar-refractivity contribution in [2.75, 3.05) is 6.54 Å². The van der Waals surface area contributed by atoms with Gasteiger partial charge in [0, 0.05) is 18.6 Å². The van der Waals surface area contributed by atoms with Gasteiger partial charge < -0.3 is 15.4 Å². The zero-order valence-electron chi connectivity index (χ0n) is 14.6. The first kappa shape index (κ1) is 18.5. The topological polar surface area (TPSA) is 50.4 Å². The van der Waals surface area contributed by atoms with Gasteiger partial charge in [0.15, 0.2) is 0 Å². The lowest BCUT2D eigenvalue weighted by atomic mass is 9.96. The van der Waals surface area contributed by atoms with Crippen LogP contribution >= 0.6 is 0 Å². The Bertz CT molecular complexity index is 452. The molecule has 4 nitrogen and oxygen atoms in total. The molecule has 0 fully saturated rings. The predicted molar refractivity (Wildman–Crippen MR) is 90.9 cm³/mol. The molecule has 0 heterocycles. The second-order valence-corrected chi connectivity index (χ2v) is 7.09. The molecule has 1 aromatic rings. The standard InChI is InChI=1S/C18H30N2O2/c1-13(2)16(15-10-8-7-9-11-15)19-12-14(3)20-17(21)22-18(4,5)6/h7-11,13-14,16,19H,12H2,1-6H3,(H,20,21). The van der Waals surface area contributed by atoms with E-state index in [9.17, 15) is 4.79 Å². The van der Waals surface area contributed by atoms with Gasteiger partial charge in [-0.15, -0.1) is 0 Å². The molecule has 0 bridgehead atoms. The Morgan fingerprint density at radius 2 is 1.73 bits per heavy atom. The summed E-state index contributed by atoms with van der Waals surface area (Å²) in [6, 6.07) is 10.6. The quantitative estimate of drug-likeness (QED) is 0.838. The molecule has 1 rings (SSSR count). The SMILES string of the molecule is CC(CNC(c1ccccc1)C(C)C)NC(=O)OC(C)(C)C. The number of alkyl carbamates (subject to hydrolysis) is 1. The fourth-order valence-corrected chi connectivity index (χ4v) is 2.26. The highest BCUT2D eigenvalue weighted by Crippen LogP contribution is 2.21. The first-order chi connectivity index (χ1) is 10.2. The molecule has 0 aliphatic heterocycles. The van der Waals surface area contributed by atoms with Crippen molar-refractivity contribution < 1.29 is 9.53 Å². The van der Waals surface area contributed by atoms with E-state index in [1.807, 2.05) is 33.8 Å². The van der Waals surface area contributed by atoms with Crippen molar-refractivity contribution >= 4 is 6.09 Å². The first-order valence-corrected chi connectivity index (χ1v) is 7.97. The number of nitrogens with one attached hydrogen (secondary N) is 2. The van der Waals surface area contributed by atoms with Crippen molar-refractivity contribution in [1.82, 2.24) is 10.6 Å². The lowest BCUT2D eigenvalue weighted by Gasteiger charge is -2.26. The minimum atomic E-state index is -0.470. The zero-order valence-corrected chi connectivity index (χ0v) is 14.6. The number of ether oxygens (including phenoxy) is 1. The minimum absolute atomic E-state index is 0.000174. The second-order valence-electron chi connectivity index (χ2n) is 7.09. The highest BCUT2D eigenvalue weighted by atomic mass is 16.6. The summed E-state index contributed by atoms with van der Waals surface area (Å²) in [4.78, 5) is 11.8. The van der Waals surface area contributed by atoms with E-state index in [4.69, 9.17) is 4.74 Å². The number of hydrogen-bond donors (Lipinski definition) is 2. The average Bonchev–Trinajstić information content (AvgIpc) is 2.37. The van der Waals surface area contributed by atoms with Crippen LogP contribution in [0, 0.1) is 5.92 Å². The number of rotatable bonds is 6. The van der Waals surface area contributed by atoms with Gasteiger partial charge in [0.25, 0.3) is 0 Å². The third-order valence-electron chi connectivity index (χ3n) is 3.23. The normalized spacial score (nSPS) is 14.5. The van der Waals surface area contributed by atoms with Crippen LogP contribution in [0.3, 0.4) is 0 Å². The Labute approximate surface area is 134 Å². The molecule has 0 aromatic heterocycles. The summed E-state index contributed by atoms with van der Waals surface area (Å²) < 4.78 is 5.27. The van der Waals surface area contributed by atoms with Crippen molar-refractivity contribution in [1.29, 1.82) is 0 Å². The summed E-state index contributed by atoms with van der Waals surface area (Å²) in [5.41, 5.74) is 0.795. The van der Waals surface area contributed by atoms with Gasteiger partial charge in [-0.25, -0.2) is 4.79 Å². The van der Waals surface area contributed by atoms with Crippen molar-refractivity contribution in [2.45, 2.75) is 59.2 Å². The van der Waals surface area contributed by atoms with E-state index in [0.717, 1.165) is 0 Å². The monoisotopic (exact) mass is 306 g/mol. The van der Waals surface area contributed by atoms with Crippen LogP contribution in [-0.2, 0) is 4.74 Å². The molecule has 22 heavy (non-hydrogen) atoms. The maximum Gasteiger partial charge on any atom is 0.407 e. The molecule has 0 saturated heterocycles. The highest BCUT2D eigenvalue weighted by molar-refractivity contribution is 5.68. The Morgan fingerprint density at radius 1 is 1.14 bits per heavy atom. The van der Waals surface area contributed by atoms with Crippen LogP contribution in [0.5, 0.6) is 0 Å². The van der Waals surface area contributed by atoms with Crippen molar-refractivity contribution in [3.05, 3.63) is 35.9 Å². The molecule has 0 radical (unpaired) electrons. The Morgan fingerprint density at radius 3 is 2.23 bits per heavy atom. The van der Waals surface area contributed by atoms with E-state index in [2.05, 4.69) is 48.7 Å². The van der Waals surface area contributed by atoms with E-state index in [0.29, 0.717) is 12.5 Å². The van der Waals surface area contributed by atoms with Crippen molar-refractivity contribution in [3.8, 4) is 0 Å². The molecule has 2 unspecified atom stereocenters. The van der Waals surface area contributed by atoms with Gasteiger partial charge in [-0.1, -0.05) is 44.2 Å². The molecule has 0 aliphatic carbocycles. The molecular formula is C18H30N2O2. The van der Waals surface area contributed by atoms with E-state index in [-0.39, 0.29) is 18.2 Å². The summed E-state index contributed by atoms with van der Waals surface area (Å²) in [5.74, 6) is 0.469. The number of amides is 1. The Balaban J connectivity index is 2.50. The van der Waals surface area contributed by atoms with E-state index in [1.165, 1.54) is 5.56 Å². The summed E-state index contributed by atoms with van der Waals surface area (Å²) in [7, 11) is 0. The molecule has 4 heteroatoms. The third-order valence-corrected chi connectivity index (χ3v) is 3.23. The minimum Gasteiger partial charge on any atom is -0.444 e. The number of benzene rings is 1. The molecule has 2 atom stereocenters. The van der Waals surface area contributed by atoms with Crippen molar-refractivity contribution in [3.63, 3.8) is 0 Å². The largest absolute Gasteiger partial charge is 0.444 e. The van der Waals surface area contributed by atoms with Gasteiger partial charge in [-0.3, -0.25) is 0 Å². The fraction of sp³-hybridized carbons (Fsp3) is 0.611. The van der Waals surface area contributed by atoms with Gasteiger partial charge >= 0.3 is 6.09 Å². The van der Waals surface area contributed by atoms with Gasteiger partial charge in [0.05, 0.1) is 0 Å². The number of carbonyl (C=O) groups is 1. The predicted octanol–water partition coefficient (Wildman–Crippen LogP) is 3.89. The Hall–Kier alpha value is -1.55. The maximum absolute atomic E-state index is 11.8. The smallest absolute Gasteiger partial charge is 0.407 e. The number of hydrogen-bond acceptors (Lipinski definition) is 3. The zero-order chi connectivity index (χ0) is 16.8. The van der Waals surface area contributed by atoms with E-state index in [1.54, 1.807) is 0 Å². The van der Waals surface area contributed by atoms with Gasteiger partial charge in [0.1, 0.15) is 5.60 Å². The molecule has 0 saturated carbocycles. The average molecular weight is 306 g/mol. The molecule has 1 aromatic carbocycles. The highest BCUT2D eigenvalue weighted by Gasteiger charge is 2.19.